The summed E-state index contributed by atoms with van der Waals surface area (Å²) in [6, 6.07) is 8.13. The molecule has 5 heteroatoms. The summed E-state index contributed by atoms with van der Waals surface area (Å²) in [6.07, 6.45) is -0.0531. The molecule has 4 nitrogen and oxygen atoms in total. The number of ether oxygens (including phenoxy) is 1. The molecule has 0 unspecified atom stereocenters. The van der Waals surface area contributed by atoms with Gasteiger partial charge in [0, 0.05) is 11.0 Å². The van der Waals surface area contributed by atoms with Crippen molar-refractivity contribution in [3.05, 3.63) is 34.3 Å². The minimum absolute atomic E-state index is 0.0516. The fraction of sp³-hybridized carbons (Fsp3) is 0.500. The number of nitrogens with one attached hydrogen (secondary N) is 1. The van der Waals surface area contributed by atoms with Crippen LogP contribution in [0.2, 0.25) is 0 Å². The van der Waals surface area contributed by atoms with Gasteiger partial charge in [0.2, 0.25) is 5.91 Å². The number of benzene rings is 1. The number of amides is 1. The van der Waals surface area contributed by atoms with E-state index in [-0.39, 0.29) is 18.1 Å². The lowest BCUT2D eigenvalue weighted by atomic mass is 10.0. The molecule has 19 heavy (non-hydrogen) atoms. The zero-order chi connectivity index (χ0) is 13.8. The Bertz CT molecular complexity index is 436. The van der Waals surface area contributed by atoms with Crippen LogP contribution < -0.4 is 5.32 Å². The Hall–Kier alpha value is -0.910. The monoisotopic (exact) mass is 326 g/mol. The summed E-state index contributed by atoms with van der Waals surface area (Å²) in [5, 5.41) is 2.91. The molecule has 2 atom stereocenters. The summed E-state index contributed by atoms with van der Waals surface area (Å²) >= 11 is 3.43. The van der Waals surface area contributed by atoms with Gasteiger partial charge in [0.05, 0.1) is 19.2 Å². The Morgan fingerprint density at radius 1 is 1.47 bits per heavy atom. The van der Waals surface area contributed by atoms with E-state index in [4.69, 9.17) is 4.74 Å². The van der Waals surface area contributed by atoms with E-state index in [1.54, 1.807) is 7.05 Å². The van der Waals surface area contributed by atoms with Crippen LogP contribution in [0.5, 0.6) is 0 Å². The quantitative estimate of drug-likeness (QED) is 0.923. The largest absolute Gasteiger partial charge is 0.370 e. The number of morpholine rings is 1. The summed E-state index contributed by atoms with van der Waals surface area (Å²) in [5.41, 5.74) is 1.11. The minimum Gasteiger partial charge on any atom is -0.370 e. The minimum atomic E-state index is -0.0531. The second-order valence-electron chi connectivity index (χ2n) is 4.70. The molecule has 1 aromatic rings. The molecule has 0 saturated carbocycles. The molecule has 0 aliphatic carbocycles. The first-order chi connectivity index (χ1) is 9.13. The van der Waals surface area contributed by atoms with Crippen molar-refractivity contribution in [3.8, 4) is 0 Å². The van der Waals surface area contributed by atoms with Gasteiger partial charge in [-0.05, 0) is 31.7 Å². The van der Waals surface area contributed by atoms with Gasteiger partial charge >= 0.3 is 0 Å². The molecule has 104 valence electrons. The van der Waals surface area contributed by atoms with Crippen molar-refractivity contribution in [2.45, 2.75) is 19.1 Å². The SMILES string of the molecule is CNCC(=O)N1CCO[C@@H](c2ccc(Br)cc2)[C@@H]1C. The number of likely N-dealkylation sites (N-methyl/N-ethyl adjacent to an activating group) is 1. The zero-order valence-electron chi connectivity index (χ0n) is 11.2. The van der Waals surface area contributed by atoms with Crippen LogP contribution in [0.15, 0.2) is 28.7 Å². The number of carbonyl (C=O) groups is 1. The maximum atomic E-state index is 12.0. The zero-order valence-corrected chi connectivity index (χ0v) is 12.8. The third-order valence-electron chi connectivity index (χ3n) is 3.41. The highest BCUT2D eigenvalue weighted by Crippen LogP contribution is 2.29. The van der Waals surface area contributed by atoms with E-state index in [2.05, 4.69) is 21.2 Å². The molecule has 1 aromatic carbocycles. The maximum absolute atomic E-state index is 12.0. The molecule has 0 bridgehead atoms. The molecular formula is C14H19BrN2O2. The molecule has 2 rings (SSSR count). The van der Waals surface area contributed by atoms with Gasteiger partial charge in [-0.15, -0.1) is 0 Å². The summed E-state index contributed by atoms with van der Waals surface area (Å²) in [7, 11) is 1.79. The maximum Gasteiger partial charge on any atom is 0.236 e. The molecule has 1 heterocycles. The van der Waals surface area contributed by atoms with Gasteiger partial charge in [0.25, 0.3) is 0 Å². The Morgan fingerprint density at radius 3 is 2.79 bits per heavy atom. The number of halogens is 1. The second-order valence-corrected chi connectivity index (χ2v) is 5.62. The first kappa shape index (κ1) is 14.5. The van der Waals surface area contributed by atoms with Crippen LogP contribution >= 0.6 is 15.9 Å². The number of hydrogen-bond acceptors (Lipinski definition) is 3. The Morgan fingerprint density at radius 2 is 2.16 bits per heavy atom. The Labute approximate surface area is 122 Å². The molecule has 1 fully saturated rings. The van der Waals surface area contributed by atoms with Gasteiger partial charge in [-0.3, -0.25) is 4.79 Å². The average molecular weight is 327 g/mol. The molecule has 1 N–H and O–H groups in total. The van der Waals surface area contributed by atoms with Gasteiger partial charge in [-0.1, -0.05) is 28.1 Å². The van der Waals surface area contributed by atoms with Crippen molar-refractivity contribution < 1.29 is 9.53 Å². The third kappa shape index (κ3) is 3.35. The van der Waals surface area contributed by atoms with E-state index < -0.39 is 0 Å². The first-order valence-corrected chi connectivity index (χ1v) is 7.24. The molecule has 1 aliphatic heterocycles. The molecule has 0 spiro atoms. The van der Waals surface area contributed by atoms with Crippen molar-refractivity contribution in [2.75, 3.05) is 26.7 Å². The van der Waals surface area contributed by atoms with Crippen LogP contribution in [0.25, 0.3) is 0 Å². The van der Waals surface area contributed by atoms with Gasteiger partial charge in [0.1, 0.15) is 6.10 Å². The van der Waals surface area contributed by atoms with E-state index >= 15 is 0 Å². The van der Waals surface area contributed by atoms with Crippen molar-refractivity contribution in [3.63, 3.8) is 0 Å². The van der Waals surface area contributed by atoms with E-state index in [1.165, 1.54) is 0 Å². The highest BCUT2D eigenvalue weighted by atomic mass is 79.9. The van der Waals surface area contributed by atoms with Crippen molar-refractivity contribution in [1.82, 2.24) is 10.2 Å². The fourth-order valence-corrected chi connectivity index (χ4v) is 2.68. The van der Waals surface area contributed by atoms with Crippen molar-refractivity contribution >= 4 is 21.8 Å². The van der Waals surface area contributed by atoms with Crippen LogP contribution in [0.3, 0.4) is 0 Å². The lowest BCUT2D eigenvalue weighted by Gasteiger charge is -2.39. The standard InChI is InChI=1S/C14H19BrN2O2/c1-10-14(11-3-5-12(15)6-4-11)19-8-7-17(10)13(18)9-16-2/h3-6,10,14,16H,7-9H2,1-2H3/t10-,14+/m0/s1. The number of nitrogens with zero attached hydrogens (tertiary/aromatic N) is 1. The Kier molecular flexibility index (Phi) is 4.96. The van der Waals surface area contributed by atoms with E-state index in [1.807, 2.05) is 36.1 Å². The smallest absolute Gasteiger partial charge is 0.236 e. The van der Waals surface area contributed by atoms with Crippen molar-refractivity contribution in [2.24, 2.45) is 0 Å². The summed E-state index contributed by atoms with van der Waals surface area (Å²) in [6.45, 7) is 3.66. The molecule has 0 aromatic heterocycles. The molecule has 0 radical (unpaired) electrons. The first-order valence-electron chi connectivity index (χ1n) is 6.44. The van der Waals surface area contributed by atoms with E-state index in [0.29, 0.717) is 19.7 Å². The number of hydrogen-bond donors (Lipinski definition) is 1. The second kappa shape index (κ2) is 6.50. The Balaban J connectivity index is 2.13. The number of rotatable bonds is 3. The van der Waals surface area contributed by atoms with E-state index in [9.17, 15) is 4.79 Å². The van der Waals surface area contributed by atoms with Crippen molar-refractivity contribution in [1.29, 1.82) is 0 Å². The summed E-state index contributed by atoms with van der Waals surface area (Å²) in [4.78, 5) is 13.9. The normalized spacial score (nSPS) is 23.4. The average Bonchev–Trinajstić information content (AvgIpc) is 2.40. The molecule has 1 amide bonds. The summed E-state index contributed by atoms with van der Waals surface area (Å²) in [5.74, 6) is 0.125. The predicted molar refractivity (Wildman–Crippen MR) is 77.9 cm³/mol. The third-order valence-corrected chi connectivity index (χ3v) is 3.93. The van der Waals surface area contributed by atoms with Gasteiger partial charge in [-0.25, -0.2) is 0 Å². The predicted octanol–water partition coefficient (Wildman–Crippen LogP) is 1.96. The van der Waals surface area contributed by atoms with Crippen LogP contribution in [-0.2, 0) is 9.53 Å². The summed E-state index contributed by atoms with van der Waals surface area (Å²) < 4.78 is 6.89. The fourth-order valence-electron chi connectivity index (χ4n) is 2.42. The van der Waals surface area contributed by atoms with Crippen LogP contribution in [0, 0.1) is 0 Å². The number of carbonyl (C=O) groups excluding carboxylic acids is 1. The lowest BCUT2D eigenvalue weighted by Crippen LogP contribution is -2.50. The van der Waals surface area contributed by atoms with Crippen LogP contribution in [0.4, 0.5) is 0 Å². The van der Waals surface area contributed by atoms with Gasteiger partial charge in [0.15, 0.2) is 0 Å². The lowest BCUT2D eigenvalue weighted by molar-refractivity contribution is -0.144. The van der Waals surface area contributed by atoms with E-state index in [0.717, 1.165) is 10.0 Å². The topological polar surface area (TPSA) is 41.6 Å². The van der Waals surface area contributed by atoms with Gasteiger partial charge in [-0.2, -0.15) is 0 Å². The molecule has 1 aliphatic rings. The van der Waals surface area contributed by atoms with Crippen LogP contribution in [-0.4, -0.2) is 43.6 Å². The van der Waals surface area contributed by atoms with Gasteiger partial charge < -0.3 is 15.0 Å². The molecule has 1 saturated heterocycles. The van der Waals surface area contributed by atoms with Crippen LogP contribution in [0.1, 0.15) is 18.6 Å². The highest BCUT2D eigenvalue weighted by molar-refractivity contribution is 9.10. The highest BCUT2D eigenvalue weighted by Gasteiger charge is 2.32. The molecular weight excluding hydrogens is 308 g/mol.